The Balaban J connectivity index is 1.81. The van der Waals surface area contributed by atoms with Crippen molar-refractivity contribution in [3.8, 4) is 0 Å². The molecule has 2 aromatic heterocycles. The quantitative estimate of drug-likeness (QED) is 0.911. The minimum atomic E-state index is -0.306. The average Bonchev–Trinajstić information content (AvgIpc) is 2.84. The van der Waals surface area contributed by atoms with Crippen molar-refractivity contribution in [2.75, 3.05) is 5.32 Å². The van der Waals surface area contributed by atoms with E-state index in [1.54, 1.807) is 24.4 Å². The van der Waals surface area contributed by atoms with Gasteiger partial charge in [-0.1, -0.05) is 17.4 Å². The van der Waals surface area contributed by atoms with Crippen LogP contribution in [-0.4, -0.2) is 21.7 Å². The summed E-state index contributed by atoms with van der Waals surface area (Å²) in [5, 5.41) is 3.16. The van der Waals surface area contributed by atoms with Gasteiger partial charge < -0.3 is 0 Å². The topological polar surface area (TPSA) is 72.0 Å². The van der Waals surface area contributed by atoms with Gasteiger partial charge in [-0.15, -0.1) is 0 Å². The maximum absolute atomic E-state index is 11.9. The molecule has 0 saturated carbocycles. The lowest BCUT2D eigenvalue weighted by molar-refractivity contribution is 0.0975. The molecule has 1 N–H and O–H groups in total. The van der Waals surface area contributed by atoms with Gasteiger partial charge in [-0.25, -0.2) is 4.98 Å². The van der Waals surface area contributed by atoms with Crippen molar-refractivity contribution < 1.29 is 9.59 Å². The van der Waals surface area contributed by atoms with Gasteiger partial charge in [-0.05, 0) is 25.0 Å². The van der Waals surface area contributed by atoms with Crippen LogP contribution in [0.25, 0.3) is 0 Å². The summed E-state index contributed by atoms with van der Waals surface area (Å²) in [6.07, 6.45) is 3.77. The predicted molar refractivity (Wildman–Crippen MR) is 71.6 cm³/mol. The van der Waals surface area contributed by atoms with Crippen molar-refractivity contribution in [2.24, 2.45) is 0 Å². The van der Waals surface area contributed by atoms with E-state index in [4.69, 9.17) is 0 Å². The molecule has 19 heavy (non-hydrogen) atoms. The molecule has 96 valence electrons. The number of aryl methyl sites for hydroxylation is 1. The van der Waals surface area contributed by atoms with Crippen LogP contribution >= 0.6 is 11.3 Å². The number of anilines is 1. The van der Waals surface area contributed by atoms with Gasteiger partial charge >= 0.3 is 0 Å². The molecule has 1 aliphatic carbocycles. The summed E-state index contributed by atoms with van der Waals surface area (Å²) in [5.74, 6) is -0.184. The number of pyridine rings is 1. The highest BCUT2D eigenvalue weighted by Crippen LogP contribution is 2.29. The van der Waals surface area contributed by atoms with Crippen molar-refractivity contribution in [3.63, 3.8) is 0 Å². The third-order valence-corrected chi connectivity index (χ3v) is 3.94. The van der Waals surface area contributed by atoms with E-state index in [9.17, 15) is 9.59 Å². The molecule has 2 aromatic rings. The Bertz CT molecular complexity index is 637. The number of thiazole rings is 1. The first-order valence-corrected chi connectivity index (χ1v) is 6.81. The zero-order valence-corrected chi connectivity index (χ0v) is 10.9. The van der Waals surface area contributed by atoms with Gasteiger partial charge in [0.1, 0.15) is 5.69 Å². The van der Waals surface area contributed by atoms with Crippen molar-refractivity contribution in [3.05, 3.63) is 40.7 Å². The van der Waals surface area contributed by atoms with Crippen LogP contribution in [0.5, 0.6) is 0 Å². The summed E-state index contributed by atoms with van der Waals surface area (Å²) < 4.78 is 0. The van der Waals surface area contributed by atoms with E-state index >= 15 is 0 Å². The summed E-state index contributed by atoms with van der Waals surface area (Å²) >= 11 is 1.25. The lowest BCUT2D eigenvalue weighted by atomic mass is 10.0. The maximum Gasteiger partial charge on any atom is 0.276 e. The fraction of sp³-hybridized carbons (Fsp3) is 0.231. The molecule has 0 spiro atoms. The highest BCUT2D eigenvalue weighted by atomic mass is 32.1. The summed E-state index contributed by atoms with van der Waals surface area (Å²) in [6.45, 7) is 0. The first-order chi connectivity index (χ1) is 9.24. The van der Waals surface area contributed by atoms with E-state index in [0.717, 1.165) is 18.5 Å². The second-order valence-corrected chi connectivity index (χ2v) is 5.24. The number of Topliss-reactive ketones (excluding diaryl/α,β-unsaturated/α-hetero) is 1. The molecule has 1 aliphatic rings. The second kappa shape index (κ2) is 4.89. The van der Waals surface area contributed by atoms with E-state index in [-0.39, 0.29) is 11.7 Å². The molecule has 0 aliphatic heterocycles. The van der Waals surface area contributed by atoms with Crippen molar-refractivity contribution >= 4 is 28.2 Å². The van der Waals surface area contributed by atoms with Crippen molar-refractivity contribution in [2.45, 2.75) is 19.3 Å². The molecule has 0 radical (unpaired) electrons. The molecule has 6 heteroatoms. The number of ketones is 1. The van der Waals surface area contributed by atoms with Gasteiger partial charge in [0.25, 0.3) is 5.91 Å². The maximum atomic E-state index is 11.9. The van der Waals surface area contributed by atoms with Crippen LogP contribution < -0.4 is 5.32 Å². The minimum Gasteiger partial charge on any atom is -0.296 e. The Morgan fingerprint density at radius 3 is 2.95 bits per heavy atom. The molecule has 0 saturated heterocycles. The van der Waals surface area contributed by atoms with Gasteiger partial charge in [0.15, 0.2) is 10.9 Å². The molecule has 2 heterocycles. The Kier molecular flexibility index (Phi) is 3.08. The van der Waals surface area contributed by atoms with E-state index in [0.29, 0.717) is 22.1 Å². The highest BCUT2D eigenvalue weighted by molar-refractivity contribution is 7.17. The van der Waals surface area contributed by atoms with E-state index in [2.05, 4.69) is 15.3 Å². The standard InChI is InChI=1S/C13H11N3O2S/c17-10-6-3-5-8-11(10)19-13(15-8)16-12(18)9-4-1-2-7-14-9/h1-2,4,7H,3,5-6H2,(H,15,16,18). The number of aromatic nitrogens is 2. The van der Waals surface area contributed by atoms with Gasteiger partial charge in [0, 0.05) is 12.6 Å². The molecule has 3 rings (SSSR count). The molecule has 0 fully saturated rings. The molecule has 0 atom stereocenters. The van der Waals surface area contributed by atoms with Crippen LogP contribution in [0.2, 0.25) is 0 Å². The number of fused-ring (bicyclic) bond motifs is 1. The summed E-state index contributed by atoms with van der Waals surface area (Å²) in [6, 6.07) is 5.13. The third-order valence-electron chi connectivity index (χ3n) is 2.89. The Hall–Kier alpha value is -2.08. The van der Waals surface area contributed by atoms with Gasteiger partial charge in [0.05, 0.1) is 10.6 Å². The SMILES string of the molecule is O=C(Nc1nc2c(s1)C(=O)CCC2)c1ccccn1. The van der Waals surface area contributed by atoms with Crippen LogP contribution in [0.4, 0.5) is 5.13 Å². The number of carbonyl (C=O) groups is 2. The number of nitrogens with one attached hydrogen (secondary N) is 1. The first-order valence-electron chi connectivity index (χ1n) is 5.99. The molecule has 0 aromatic carbocycles. The minimum absolute atomic E-state index is 0.122. The average molecular weight is 273 g/mol. The normalized spacial score (nSPS) is 14.0. The number of amides is 1. The predicted octanol–water partition coefficient (Wildman–Crippen LogP) is 2.31. The summed E-state index contributed by atoms with van der Waals surface area (Å²) in [5.41, 5.74) is 1.14. The molecule has 5 nitrogen and oxygen atoms in total. The van der Waals surface area contributed by atoms with E-state index < -0.39 is 0 Å². The van der Waals surface area contributed by atoms with Crippen LogP contribution in [-0.2, 0) is 6.42 Å². The van der Waals surface area contributed by atoms with E-state index in [1.165, 1.54) is 11.3 Å². The van der Waals surface area contributed by atoms with Gasteiger partial charge in [0.2, 0.25) is 0 Å². The van der Waals surface area contributed by atoms with Crippen molar-refractivity contribution in [1.29, 1.82) is 0 Å². The molecular formula is C13H11N3O2S. The summed E-state index contributed by atoms with van der Waals surface area (Å²) in [7, 11) is 0. The zero-order chi connectivity index (χ0) is 13.2. The van der Waals surface area contributed by atoms with Crippen LogP contribution in [0, 0.1) is 0 Å². The number of hydrogen-bond acceptors (Lipinski definition) is 5. The number of nitrogens with zero attached hydrogens (tertiary/aromatic N) is 2. The number of carbonyl (C=O) groups excluding carboxylic acids is 2. The lowest BCUT2D eigenvalue weighted by Gasteiger charge is -2.05. The summed E-state index contributed by atoms with van der Waals surface area (Å²) in [4.78, 5) is 32.6. The van der Waals surface area contributed by atoms with Gasteiger partial charge in [-0.3, -0.25) is 19.9 Å². The van der Waals surface area contributed by atoms with Crippen LogP contribution in [0.15, 0.2) is 24.4 Å². The molecule has 1 amide bonds. The Labute approximate surface area is 113 Å². The number of hydrogen-bond donors (Lipinski definition) is 1. The molecular weight excluding hydrogens is 262 g/mol. The Morgan fingerprint density at radius 2 is 2.21 bits per heavy atom. The number of rotatable bonds is 2. The largest absolute Gasteiger partial charge is 0.296 e. The third kappa shape index (κ3) is 2.39. The lowest BCUT2D eigenvalue weighted by Crippen LogP contribution is -2.13. The van der Waals surface area contributed by atoms with E-state index in [1.807, 2.05) is 0 Å². The Morgan fingerprint density at radius 1 is 1.32 bits per heavy atom. The van der Waals surface area contributed by atoms with Crippen LogP contribution in [0.3, 0.4) is 0 Å². The fourth-order valence-corrected chi connectivity index (χ4v) is 2.95. The first kappa shape index (κ1) is 12.0. The molecule has 0 unspecified atom stereocenters. The zero-order valence-electron chi connectivity index (χ0n) is 10.0. The fourth-order valence-electron chi connectivity index (χ4n) is 1.98. The second-order valence-electron chi connectivity index (χ2n) is 4.24. The monoisotopic (exact) mass is 273 g/mol. The highest BCUT2D eigenvalue weighted by Gasteiger charge is 2.23. The van der Waals surface area contributed by atoms with Crippen LogP contribution in [0.1, 0.15) is 38.7 Å². The van der Waals surface area contributed by atoms with Gasteiger partial charge in [-0.2, -0.15) is 0 Å². The molecule has 0 bridgehead atoms. The smallest absolute Gasteiger partial charge is 0.276 e. The van der Waals surface area contributed by atoms with Crippen molar-refractivity contribution in [1.82, 2.24) is 9.97 Å².